The maximum Gasteiger partial charge on any atom is 0.0790 e. The van der Waals surface area contributed by atoms with Gasteiger partial charge in [-0.25, -0.2) is 0 Å². The van der Waals surface area contributed by atoms with Crippen LogP contribution in [0.4, 0.5) is 0 Å². The molecule has 3 nitrogen and oxygen atoms in total. The van der Waals surface area contributed by atoms with Crippen molar-refractivity contribution in [3.63, 3.8) is 0 Å². The molecule has 0 aromatic carbocycles. The first kappa shape index (κ1) is 13.3. The Morgan fingerprint density at radius 3 is 2.53 bits per heavy atom. The van der Waals surface area contributed by atoms with Gasteiger partial charge in [0.1, 0.15) is 0 Å². The van der Waals surface area contributed by atoms with Crippen LogP contribution in [0.15, 0.2) is 0 Å². The van der Waals surface area contributed by atoms with E-state index in [4.69, 9.17) is 9.57 Å². The van der Waals surface area contributed by atoms with Gasteiger partial charge in [-0.15, -0.1) is 0 Å². The van der Waals surface area contributed by atoms with E-state index < -0.39 is 0 Å². The van der Waals surface area contributed by atoms with Crippen molar-refractivity contribution in [3.8, 4) is 0 Å². The molecule has 0 aromatic heterocycles. The Morgan fingerprint density at radius 2 is 1.94 bits per heavy atom. The maximum absolute atomic E-state index is 5.83. The SMILES string of the molecule is CCOC1CC(NOC2CCCC2)C1(C)CC. The molecule has 3 heteroatoms. The van der Waals surface area contributed by atoms with Crippen molar-refractivity contribution in [2.75, 3.05) is 6.61 Å². The summed E-state index contributed by atoms with van der Waals surface area (Å²) >= 11 is 0. The molecule has 100 valence electrons. The monoisotopic (exact) mass is 241 g/mol. The molecule has 17 heavy (non-hydrogen) atoms. The molecule has 2 aliphatic carbocycles. The van der Waals surface area contributed by atoms with Gasteiger partial charge < -0.3 is 4.74 Å². The third-order valence-electron chi connectivity index (χ3n) is 4.79. The highest BCUT2D eigenvalue weighted by Gasteiger charge is 2.51. The van der Waals surface area contributed by atoms with E-state index in [0.29, 0.717) is 18.2 Å². The van der Waals surface area contributed by atoms with E-state index in [9.17, 15) is 0 Å². The van der Waals surface area contributed by atoms with Crippen LogP contribution >= 0.6 is 0 Å². The fourth-order valence-corrected chi connectivity index (χ4v) is 3.12. The molecule has 0 saturated heterocycles. The fourth-order valence-electron chi connectivity index (χ4n) is 3.12. The summed E-state index contributed by atoms with van der Waals surface area (Å²) in [7, 11) is 0. The zero-order chi connectivity index (χ0) is 12.3. The number of nitrogens with one attached hydrogen (secondary N) is 1. The molecule has 1 N–H and O–H groups in total. The molecule has 2 fully saturated rings. The van der Waals surface area contributed by atoms with Crippen molar-refractivity contribution in [1.29, 1.82) is 0 Å². The van der Waals surface area contributed by atoms with Crippen LogP contribution in [0.5, 0.6) is 0 Å². The molecule has 2 rings (SSSR count). The summed E-state index contributed by atoms with van der Waals surface area (Å²) < 4.78 is 5.79. The van der Waals surface area contributed by atoms with Crippen molar-refractivity contribution in [1.82, 2.24) is 5.48 Å². The quantitative estimate of drug-likeness (QED) is 0.725. The minimum Gasteiger partial charge on any atom is -0.378 e. The second kappa shape index (κ2) is 5.68. The molecular formula is C14H27NO2. The minimum absolute atomic E-state index is 0.245. The van der Waals surface area contributed by atoms with E-state index in [1.54, 1.807) is 0 Å². The van der Waals surface area contributed by atoms with E-state index in [1.165, 1.54) is 25.7 Å². The Bertz CT molecular complexity index is 240. The van der Waals surface area contributed by atoms with Gasteiger partial charge in [0.05, 0.1) is 12.2 Å². The van der Waals surface area contributed by atoms with Crippen molar-refractivity contribution in [3.05, 3.63) is 0 Å². The standard InChI is InChI=1S/C14H27NO2/c1-4-14(3)12(10-13(14)16-5-2)15-17-11-8-6-7-9-11/h11-13,15H,4-10H2,1-3H3. The Hall–Kier alpha value is -0.120. The number of hydrogen-bond acceptors (Lipinski definition) is 3. The van der Waals surface area contributed by atoms with Gasteiger partial charge in [0.25, 0.3) is 0 Å². The van der Waals surface area contributed by atoms with Crippen molar-refractivity contribution >= 4 is 0 Å². The third-order valence-corrected chi connectivity index (χ3v) is 4.79. The van der Waals surface area contributed by atoms with Gasteiger partial charge in [0.2, 0.25) is 0 Å². The summed E-state index contributed by atoms with van der Waals surface area (Å²) in [6.07, 6.45) is 8.17. The van der Waals surface area contributed by atoms with Gasteiger partial charge in [-0.1, -0.05) is 26.7 Å². The number of hydroxylamine groups is 1. The Kier molecular flexibility index (Phi) is 4.45. The van der Waals surface area contributed by atoms with Gasteiger partial charge in [0.15, 0.2) is 0 Å². The van der Waals surface area contributed by atoms with E-state index in [1.807, 2.05) is 0 Å². The lowest BCUT2D eigenvalue weighted by Crippen LogP contribution is -2.62. The number of hydrogen-bond donors (Lipinski definition) is 1. The first-order valence-electron chi connectivity index (χ1n) is 7.23. The summed E-state index contributed by atoms with van der Waals surface area (Å²) in [6, 6.07) is 0.463. The van der Waals surface area contributed by atoms with Gasteiger partial charge in [-0.2, -0.15) is 5.48 Å². The molecule has 3 atom stereocenters. The van der Waals surface area contributed by atoms with Crippen LogP contribution in [-0.2, 0) is 9.57 Å². The van der Waals surface area contributed by atoms with E-state index in [2.05, 4.69) is 26.3 Å². The van der Waals surface area contributed by atoms with Crippen molar-refractivity contribution in [2.45, 2.75) is 77.5 Å². The minimum atomic E-state index is 0.245. The first-order valence-corrected chi connectivity index (χ1v) is 7.23. The van der Waals surface area contributed by atoms with Gasteiger partial charge in [-0.05, 0) is 32.6 Å². The van der Waals surface area contributed by atoms with E-state index in [-0.39, 0.29) is 5.41 Å². The molecular weight excluding hydrogens is 214 g/mol. The summed E-state index contributed by atoms with van der Waals surface area (Å²) in [4.78, 5) is 5.83. The van der Waals surface area contributed by atoms with Gasteiger partial charge in [0, 0.05) is 18.1 Å². The smallest absolute Gasteiger partial charge is 0.0790 e. The lowest BCUT2D eigenvalue weighted by atomic mass is 9.62. The zero-order valence-electron chi connectivity index (χ0n) is 11.5. The second-order valence-corrected chi connectivity index (χ2v) is 5.73. The third kappa shape index (κ3) is 2.67. The summed E-state index contributed by atoms with van der Waals surface area (Å²) in [5.74, 6) is 0. The Morgan fingerprint density at radius 1 is 1.24 bits per heavy atom. The second-order valence-electron chi connectivity index (χ2n) is 5.73. The maximum atomic E-state index is 5.83. The predicted molar refractivity (Wildman–Crippen MR) is 68.7 cm³/mol. The normalized spacial score (nSPS) is 38.3. The highest BCUT2D eigenvalue weighted by atomic mass is 16.7. The summed E-state index contributed by atoms with van der Waals surface area (Å²) in [6.45, 7) is 7.45. The molecule has 0 bridgehead atoms. The highest BCUT2D eigenvalue weighted by molar-refractivity contribution is 5.03. The first-order chi connectivity index (χ1) is 8.20. The predicted octanol–water partition coefficient (Wildman–Crippen LogP) is 3.04. The van der Waals surface area contributed by atoms with Crippen LogP contribution in [0.2, 0.25) is 0 Å². The summed E-state index contributed by atoms with van der Waals surface area (Å²) in [5, 5.41) is 0. The Balaban J connectivity index is 1.77. The molecule has 0 heterocycles. The molecule has 0 aliphatic heterocycles. The molecule has 2 aliphatic rings. The largest absolute Gasteiger partial charge is 0.378 e. The molecule has 0 spiro atoms. The molecule has 0 amide bonds. The van der Waals surface area contributed by atoms with Crippen LogP contribution in [0.1, 0.15) is 59.3 Å². The van der Waals surface area contributed by atoms with Crippen LogP contribution in [-0.4, -0.2) is 24.9 Å². The van der Waals surface area contributed by atoms with Crippen LogP contribution in [0.25, 0.3) is 0 Å². The van der Waals surface area contributed by atoms with Crippen LogP contribution in [0.3, 0.4) is 0 Å². The highest BCUT2D eigenvalue weighted by Crippen LogP contribution is 2.46. The Labute approximate surface area is 105 Å². The van der Waals surface area contributed by atoms with Gasteiger partial charge >= 0.3 is 0 Å². The molecule has 0 radical (unpaired) electrons. The summed E-state index contributed by atoms with van der Waals surface area (Å²) in [5.41, 5.74) is 3.56. The molecule has 3 unspecified atom stereocenters. The van der Waals surface area contributed by atoms with Crippen LogP contribution < -0.4 is 5.48 Å². The topological polar surface area (TPSA) is 30.5 Å². The van der Waals surface area contributed by atoms with E-state index in [0.717, 1.165) is 19.4 Å². The van der Waals surface area contributed by atoms with Crippen LogP contribution in [0, 0.1) is 5.41 Å². The van der Waals surface area contributed by atoms with Gasteiger partial charge in [-0.3, -0.25) is 4.84 Å². The van der Waals surface area contributed by atoms with Crippen molar-refractivity contribution in [2.24, 2.45) is 5.41 Å². The number of rotatable bonds is 6. The average molecular weight is 241 g/mol. The zero-order valence-corrected chi connectivity index (χ0v) is 11.5. The van der Waals surface area contributed by atoms with E-state index >= 15 is 0 Å². The molecule has 0 aromatic rings. The number of ether oxygens (including phenoxy) is 1. The lowest BCUT2D eigenvalue weighted by Gasteiger charge is -2.53. The molecule has 2 saturated carbocycles. The average Bonchev–Trinajstić information content (AvgIpc) is 2.84. The fraction of sp³-hybridized carbons (Fsp3) is 1.00. The van der Waals surface area contributed by atoms with Crippen molar-refractivity contribution < 1.29 is 9.57 Å². The lowest BCUT2D eigenvalue weighted by molar-refractivity contribution is -0.175.